The Kier molecular flexibility index (Phi) is 7.78. The molecule has 2 atom stereocenters. The van der Waals surface area contributed by atoms with Crippen molar-refractivity contribution in [3.05, 3.63) is 124 Å². The molecule has 0 radical (unpaired) electrons. The third-order valence-corrected chi connectivity index (χ3v) is 7.59. The van der Waals surface area contributed by atoms with Gasteiger partial charge in [-0.05, 0) is 71.5 Å². The standard InChI is InChI=1S/C29H25F3N2O3S/c1-19-17-23(15-16-33-19)28(34-35)18-26(25-5-3-4-6-27(25)29(30,31)32)22-9-7-20(8-10-22)21-11-13-24(14-12-21)38(2,36)37/h3-17,26,28H,18H2,1-2H3. The van der Waals surface area contributed by atoms with Crippen LogP contribution in [-0.4, -0.2) is 19.7 Å². The van der Waals surface area contributed by atoms with Gasteiger partial charge in [-0.3, -0.25) is 4.98 Å². The maximum atomic E-state index is 14.0. The highest BCUT2D eigenvalue weighted by Crippen LogP contribution is 2.42. The fourth-order valence-corrected chi connectivity index (χ4v) is 5.17. The number of hydrogen-bond donors (Lipinski definition) is 0. The van der Waals surface area contributed by atoms with Gasteiger partial charge in [0.1, 0.15) is 6.04 Å². The number of aryl methyl sites for hydroxylation is 1. The number of pyridine rings is 1. The Labute approximate surface area is 219 Å². The molecule has 38 heavy (non-hydrogen) atoms. The van der Waals surface area contributed by atoms with Crippen molar-refractivity contribution in [2.45, 2.75) is 36.4 Å². The van der Waals surface area contributed by atoms with E-state index in [2.05, 4.69) is 10.2 Å². The first-order valence-corrected chi connectivity index (χ1v) is 13.7. The number of aromatic nitrogens is 1. The van der Waals surface area contributed by atoms with E-state index in [0.717, 1.165) is 23.4 Å². The Morgan fingerprint density at radius 1 is 0.868 bits per heavy atom. The highest BCUT2D eigenvalue weighted by atomic mass is 32.2. The van der Waals surface area contributed by atoms with Gasteiger partial charge in [-0.1, -0.05) is 59.8 Å². The van der Waals surface area contributed by atoms with Crippen molar-refractivity contribution in [1.29, 1.82) is 0 Å². The van der Waals surface area contributed by atoms with Gasteiger partial charge in [-0.2, -0.15) is 18.1 Å². The second kappa shape index (κ2) is 10.9. The van der Waals surface area contributed by atoms with E-state index in [-0.39, 0.29) is 16.9 Å². The molecule has 2 unspecified atom stereocenters. The average molecular weight is 539 g/mol. The minimum Gasteiger partial charge on any atom is -0.262 e. The Morgan fingerprint density at radius 3 is 2.03 bits per heavy atom. The molecule has 0 aliphatic carbocycles. The molecule has 196 valence electrons. The van der Waals surface area contributed by atoms with Crippen molar-refractivity contribution in [2.24, 2.45) is 5.18 Å². The van der Waals surface area contributed by atoms with Crippen molar-refractivity contribution >= 4 is 9.84 Å². The van der Waals surface area contributed by atoms with Crippen LogP contribution in [0.25, 0.3) is 11.1 Å². The largest absolute Gasteiger partial charge is 0.416 e. The van der Waals surface area contributed by atoms with Crippen LogP contribution in [0, 0.1) is 11.8 Å². The van der Waals surface area contributed by atoms with Gasteiger partial charge >= 0.3 is 6.18 Å². The summed E-state index contributed by atoms with van der Waals surface area (Å²) < 4.78 is 65.5. The zero-order chi connectivity index (χ0) is 27.5. The van der Waals surface area contributed by atoms with Gasteiger partial charge in [-0.25, -0.2) is 8.42 Å². The van der Waals surface area contributed by atoms with Gasteiger partial charge in [-0.15, -0.1) is 0 Å². The molecule has 1 heterocycles. The smallest absolute Gasteiger partial charge is 0.262 e. The normalized spacial score (nSPS) is 13.6. The monoisotopic (exact) mass is 538 g/mol. The van der Waals surface area contributed by atoms with Crippen LogP contribution in [0.4, 0.5) is 13.2 Å². The Balaban J connectivity index is 1.76. The lowest BCUT2D eigenvalue weighted by Crippen LogP contribution is -2.15. The molecule has 4 rings (SSSR count). The molecule has 0 aliphatic heterocycles. The van der Waals surface area contributed by atoms with E-state index < -0.39 is 33.5 Å². The molecule has 9 heteroatoms. The van der Waals surface area contributed by atoms with E-state index in [0.29, 0.717) is 16.8 Å². The Hall–Kier alpha value is -3.85. The van der Waals surface area contributed by atoms with Crippen LogP contribution in [0.1, 0.15) is 46.3 Å². The summed E-state index contributed by atoms with van der Waals surface area (Å²) in [5, 5.41) is 3.27. The van der Waals surface area contributed by atoms with E-state index in [4.69, 9.17) is 0 Å². The van der Waals surface area contributed by atoms with Crippen LogP contribution in [0.15, 0.2) is 101 Å². The number of benzene rings is 3. The summed E-state index contributed by atoms with van der Waals surface area (Å²) in [7, 11) is -3.34. The minimum atomic E-state index is -4.58. The van der Waals surface area contributed by atoms with Crippen LogP contribution in [-0.2, 0) is 16.0 Å². The summed E-state index contributed by atoms with van der Waals surface area (Å²) >= 11 is 0. The van der Waals surface area contributed by atoms with Crippen molar-refractivity contribution in [1.82, 2.24) is 4.98 Å². The lowest BCUT2D eigenvalue weighted by Gasteiger charge is -2.24. The summed E-state index contributed by atoms with van der Waals surface area (Å²) in [6.07, 6.45) is -1.87. The molecule has 0 spiro atoms. The van der Waals surface area contributed by atoms with E-state index in [9.17, 15) is 26.5 Å². The summed E-state index contributed by atoms with van der Waals surface area (Å²) in [4.78, 5) is 16.2. The summed E-state index contributed by atoms with van der Waals surface area (Å²) in [6.45, 7) is 1.77. The van der Waals surface area contributed by atoms with E-state index in [1.54, 1.807) is 67.7 Å². The molecule has 0 N–H and O–H groups in total. The molecule has 0 amide bonds. The number of rotatable bonds is 8. The number of halogens is 3. The second-order valence-electron chi connectivity index (χ2n) is 9.14. The van der Waals surface area contributed by atoms with Gasteiger partial charge in [0, 0.05) is 24.1 Å². The Bertz CT molecular complexity index is 1530. The molecule has 3 aromatic carbocycles. The zero-order valence-electron chi connectivity index (χ0n) is 20.7. The van der Waals surface area contributed by atoms with Crippen LogP contribution < -0.4 is 0 Å². The van der Waals surface area contributed by atoms with E-state index in [1.807, 2.05) is 0 Å². The first-order valence-electron chi connectivity index (χ1n) is 11.8. The van der Waals surface area contributed by atoms with Crippen LogP contribution in [0.3, 0.4) is 0 Å². The third-order valence-electron chi connectivity index (χ3n) is 6.46. The molecule has 4 aromatic rings. The quantitative estimate of drug-likeness (QED) is 0.218. The number of nitrogens with zero attached hydrogens (tertiary/aromatic N) is 2. The summed E-state index contributed by atoms with van der Waals surface area (Å²) in [5.41, 5.74) is 2.69. The molecule has 1 aromatic heterocycles. The number of hydrogen-bond acceptors (Lipinski definition) is 5. The fourth-order valence-electron chi connectivity index (χ4n) is 4.54. The molecular formula is C29H25F3N2O3S. The van der Waals surface area contributed by atoms with Gasteiger partial charge < -0.3 is 0 Å². The highest BCUT2D eigenvalue weighted by molar-refractivity contribution is 7.90. The van der Waals surface area contributed by atoms with E-state index >= 15 is 0 Å². The van der Waals surface area contributed by atoms with Gasteiger partial charge in [0.2, 0.25) is 0 Å². The molecule has 0 aliphatic rings. The van der Waals surface area contributed by atoms with Gasteiger partial charge in [0.15, 0.2) is 9.84 Å². The average Bonchev–Trinajstić information content (AvgIpc) is 2.89. The molecule has 0 saturated heterocycles. The first-order chi connectivity index (χ1) is 18.0. The molecule has 0 bridgehead atoms. The molecule has 5 nitrogen and oxygen atoms in total. The van der Waals surface area contributed by atoms with Crippen molar-refractivity contribution in [3.63, 3.8) is 0 Å². The van der Waals surface area contributed by atoms with Crippen molar-refractivity contribution in [3.8, 4) is 11.1 Å². The summed E-state index contributed by atoms with van der Waals surface area (Å²) in [5.74, 6) is -0.773. The number of alkyl halides is 3. The van der Waals surface area contributed by atoms with Gasteiger partial charge in [0.25, 0.3) is 0 Å². The van der Waals surface area contributed by atoms with Gasteiger partial charge in [0.05, 0.1) is 10.5 Å². The second-order valence-corrected chi connectivity index (χ2v) is 11.2. The SMILES string of the molecule is Cc1cc(C(CC(c2ccc(-c3ccc(S(C)(=O)=O)cc3)cc2)c2ccccc2C(F)(F)F)N=O)ccn1. The van der Waals surface area contributed by atoms with Crippen LogP contribution in [0.5, 0.6) is 0 Å². The van der Waals surface area contributed by atoms with Crippen LogP contribution in [0.2, 0.25) is 0 Å². The predicted octanol–water partition coefficient (Wildman–Crippen LogP) is 7.51. The Morgan fingerprint density at radius 2 is 1.47 bits per heavy atom. The third kappa shape index (κ3) is 6.16. The molecule has 0 fully saturated rings. The topological polar surface area (TPSA) is 76.5 Å². The van der Waals surface area contributed by atoms with E-state index in [1.165, 1.54) is 24.3 Å². The number of nitroso groups, excluding NO2 is 1. The lowest BCUT2D eigenvalue weighted by molar-refractivity contribution is -0.138. The highest BCUT2D eigenvalue weighted by Gasteiger charge is 2.36. The first kappa shape index (κ1) is 27.2. The van der Waals surface area contributed by atoms with Crippen molar-refractivity contribution in [2.75, 3.05) is 6.26 Å². The molecular weight excluding hydrogens is 513 g/mol. The maximum absolute atomic E-state index is 14.0. The fraction of sp³-hybridized carbons (Fsp3) is 0.207. The van der Waals surface area contributed by atoms with Crippen molar-refractivity contribution < 1.29 is 21.6 Å². The zero-order valence-corrected chi connectivity index (χ0v) is 21.5. The predicted molar refractivity (Wildman–Crippen MR) is 140 cm³/mol. The minimum absolute atomic E-state index is 0.0302. The molecule has 0 saturated carbocycles. The summed E-state index contributed by atoms with van der Waals surface area (Å²) in [6, 6.07) is 21.2. The van der Waals surface area contributed by atoms with Crippen LogP contribution >= 0.6 is 0 Å². The number of sulfone groups is 1. The lowest BCUT2D eigenvalue weighted by atomic mass is 9.82. The maximum Gasteiger partial charge on any atom is 0.416 e.